The lowest BCUT2D eigenvalue weighted by Gasteiger charge is -2.17. The van der Waals surface area contributed by atoms with Crippen LogP contribution in [0.4, 0.5) is 4.39 Å². The zero-order chi connectivity index (χ0) is 17.1. The minimum Gasteiger partial charge on any atom is -0.338 e. The Kier molecular flexibility index (Phi) is 4.71. The SMILES string of the molecule is Cc1nc(C(NC(=O)c2ccc(F)cc2Br)c2ccccc2)n[nH]1. The van der Waals surface area contributed by atoms with Gasteiger partial charge >= 0.3 is 0 Å². The fourth-order valence-electron chi connectivity index (χ4n) is 2.31. The van der Waals surface area contributed by atoms with Gasteiger partial charge in [-0.05, 0) is 46.6 Å². The molecule has 1 unspecified atom stereocenters. The van der Waals surface area contributed by atoms with Crippen LogP contribution in [0.5, 0.6) is 0 Å². The van der Waals surface area contributed by atoms with Crippen LogP contribution in [0.3, 0.4) is 0 Å². The van der Waals surface area contributed by atoms with Gasteiger partial charge in [0.15, 0.2) is 5.82 Å². The topological polar surface area (TPSA) is 70.7 Å². The number of carbonyl (C=O) groups excluding carboxylic acids is 1. The average molecular weight is 389 g/mol. The van der Waals surface area contributed by atoms with E-state index in [-0.39, 0.29) is 5.91 Å². The lowest BCUT2D eigenvalue weighted by molar-refractivity contribution is 0.0940. The van der Waals surface area contributed by atoms with Gasteiger partial charge in [0, 0.05) is 4.47 Å². The van der Waals surface area contributed by atoms with Gasteiger partial charge in [-0.25, -0.2) is 9.37 Å². The number of hydrogen-bond donors (Lipinski definition) is 2. The maximum Gasteiger partial charge on any atom is 0.253 e. The number of nitrogens with zero attached hydrogens (tertiary/aromatic N) is 2. The fraction of sp³-hybridized carbons (Fsp3) is 0.118. The number of halogens is 2. The quantitative estimate of drug-likeness (QED) is 0.717. The van der Waals surface area contributed by atoms with Gasteiger partial charge in [-0.1, -0.05) is 30.3 Å². The van der Waals surface area contributed by atoms with Crippen LogP contribution < -0.4 is 5.32 Å². The van der Waals surface area contributed by atoms with Crippen LogP contribution in [0.1, 0.15) is 33.6 Å². The maximum atomic E-state index is 13.2. The molecule has 5 nitrogen and oxygen atoms in total. The van der Waals surface area contributed by atoms with E-state index < -0.39 is 11.9 Å². The highest BCUT2D eigenvalue weighted by Crippen LogP contribution is 2.22. The molecule has 0 spiro atoms. The first-order valence-electron chi connectivity index (χ1n) is 7.24. The molecule has 0 bridgehead atoms. The van der Waals surface area contributed by atoms with Crippen LogP contribution in [0, 0.1) is 12.7 Å². The van der Waals surface area contributed by atoms with Gasteiger partial charge in [-0.3, -0.25) is 9.89 Å². The molecule has 7 heteroatoms. The fourth-order valence-corrected chi connectivity index (χ4v) is 2.84. The number of aryl methyl sites for hydroxylation is 1. The van der Waals surface area contributed by atoms with Crippen LogP contribution in [0.15, 0.2) is 53.0 Å². The molecule has 1 atom stereocenters. The van der Waals surface area contributed by atoms with Crippen molar-refractivity contribution in [2.24, 2.45) is 0 Å². The number of aromatic amines is 1. The minimum atomic E-state index is -0.513. The summed E-state index contributed by atoms with van der Waals surface area (Å²) in [5.41, 5.74) is 1.19. The highest BCUT2D eigenvalue weighted by Gasteiger charge is 2.22. The van der Waals surface area contributed by atoms with Gasteiger partial charge in [0.2, 0.25) is 0 Å². The van der Waals surface area contributed by atoms with Crippen molar-refractivity contribution in [2.45, 2.75) is 13.0 Å². The number of benzene rings is 2. The third-order valence-corrected chi connectivity index (χ3v) is 4.11. The molecular weight excluding hydrogens is 375 g/mol. The van der Waals surface area contributed by atoms with Crippen molar-refractivity contribution in [2.75, 3.05) is 0 Å². The predicted molar refractivity (Wildman–Crippen MR) is 91.0 cm³/mol. The molecule has 3 aromatic rings. The predicted octanol–water partition coefficient (Wildman–Crippen LogP) is 3.53. The normalized spacial score (nSPS) is 12.0. The molecule has 1 heterocycles. The van der Waals surface area contributed by atoms with Crippen molar-refractivity contribution >= 4 is 21.8 Å². The number of aromatic nitrogens is 3. The third kappa shape index (κ3) is 3.51. The number of carbonyl (C=O) groups is 1. The van der Waals surface area contributed by atoms with E-state index in [9.17, 15) is 9.18 Å². The van der Waals surface area contributed by atoms with Gasteiger partial charge < -0.3 is 5.32 Å². The van der Waals surface area contributed by atoms with Crippen molar-refractivity contribution in [1.82, 2.24) is 20.5 Å². The first-order valence-corrected chi connectivity index (χ1v) is 8.03. The molecule has 0 saturated carbocycles. The van der Waals surface area contributed by atoms with Crippen LogP contribution in [0.2, 0.25) is 0 Å². The Morgan fingerprint density at radius 1 is 1.25 bits per heavy atom. The summed E-state index contributed by atoms with van der Waals surface area (Å²) in [6, 6.07) is 12.8. The maximum absolute atomic E-state index is 13.2. The molecule has 0 fully saturated rings. The lowest BCUT2D eigenvalue weighted by atomic mass is 10.1. The molecule has 122 valence electrons. The summed E-state index contributed by atoms with van der Waals surface area (Å²) in [4.78, 5) is 16.9. The number of nitrogens with one attached hydrogen (secondary N) is 2. The summed E-state index contributed by atoms with van der Waals surface area (Å²) in [5.74, 6) is 0.356. The van der Waals surface area contributed by atoms with Gasteiger partial charge in [0.1, 0.15) is 17.7 Å². The van der Waals surface area contributed by atoms with E-state index in [1.807, 2.05) is 30.3 Å². The Morgan fingerprint density at radius 2 is 2.00 bits per heavy atom. The van der Waals surface area contributed by atoms with Gasteiger partial charge in [0.05, 0.1) is 5.56 Å². The summed E-state index contributed by atoms with van der Waals surface area (Å²) in [5, 5.41) is 9.84. The van der Waals surface area contributed by atoms with E-state index in [1.54, 1.807) is 6.92 Å². The van der Waals surface area contributed by atoms with E-state index in [4.69, 9.17) is 0 Å². The average Bonchev–Trinajstić information content (AvgIpc) is 2.99. The minimum absolute atomic E-state index is 0.338. The first-order chi connectivity index (χ1) is 11.5. The summed E-state index contributed by atoms with van der Waals surface area (Å²) in [6.07, 6.45) is 0. The third-order valence-electron chi connectivity index (χ3n) is 3.46. The number of hydrogen-bond acceptors (Lipinski definition) is 3. The summed E-state index contributed by atoms with van der Waals surface area (Å²) >= 11 is 3.22. The van der Waals surface area contributed by atoms with Crippen molar-refractivity contribution < 1.29 is 9.18 Å². The Labute approximate surface area is 146 Å². The van der Waals surface area contributed by atoms with Crippen LogP contribution in [0.25, 0.3) is 0 Å². The molecule has 0 radical (unpaired) electrons. The zero-order valence-corrected chi connectivity index (χ0v) is 14.3. The van der Waals surface area contributed by atoms with Crippen LogP contribution in [-0.2, 0) is 0 Å². The number of H-pyrrole nitrogens is 1. The van der Waals surface area contributed by atoms with E-state index in [1.165, 1.54) is 18.2 Å². The van der Waals surface area contributed by atoms with Crippen molar-refractivity contribution in [1.29, 1.82) is 0 Å². The molecule has 24 heavy (non-hydrogen) atoms. The second kappa shape index (κ2) is 6.92. The number of rotatable bonds is 4. The standard InChI is InChI=1S/C17H14BrFN4O/c1-10-20-16(23-22-10)15(11-5-3-2-4-6-11)21-17(24)13-8-7-12(19)9-14(13)18/h2-9,15H,1H3,(H,21,24)(H,20,22,23). The molecule has 0 aliphatic carbocycles. The summed E-state index contributed by atoms with van der Waals surface area (Å²) < 4.78 is 13.6. The molecule has 0 aliphatic rings. The van der Waals surface area contributed by atoms with Crippen molar-refractivity contribution in [3.8, 4) is 0 Å². The second-order valence-electron chi connectivity index (χ2n) is 5.22. The van der Waals surface area contributed by atoms with E-state index in [0.29, 0.717) is 21.7 Å². The second-order valence-corrected chi connectivity index (χ2v) is 6.07. The zero-order valence-electron chi connectivity index (χ0n) is 12.8. The molecule has 1 amide bonds. The molecule has 2 N–H and O–H groups in total. The van der Waals surface area contributed by atoms with Gasteiger partial charge in [-0.15, -0.1) is 0 Å². The largest absolute Gasteiger partial charge is 0.338 e. The first kappa shape index (κ1) is 16.3. The van der Waals surface area contributed by atoms with Gasteiger partial charge in [0.25, 0.3) is 5.91 Å². The Balaban J connectivity index is 1.93. The molecule has 2 aromatic carbocycles. The van der Waals surface area contributed by atoms with Gasteiger partial charge in [-0.2, -0.15) is 5.10 Å². The van der Waals surface area contributed by atoms with E-state index in [0.717, 1.165) is 5.56 Å². The molecule has 1 aromatic heterocycles. The van der Waals surface area contributed by atoms with Crippen LogP contribution in [-0.4, -0.2) is 21.1 Å². The van der Waals surface area contributed by atoms with Crippen LogP contribution >= 0.6 is 15.9 Å². The highest BCUT2D eigenvalue weighted by atomic mass is 79.9. The van der Waals surface area contributed by atoms with Crippen molar-refractivity contribution in [3.05, 3.63) is 81.6 Å². The summed E-state index contributed by atoms with van der Waals surface area (Å²) in [7, 11) is 0. The smallest absolute Gasteiger partial charge is 0.253 e. The monoisotopic (exact) mass is 388 g/mol. The molecule has 0 aliphatic heterocycles. The summed E-state index contributed by atoms with van der Waals surface area (Å²) in [6.45, 7) is 1.79. The Morgan fingerprint density at radius 3 is 2.62 bits per heavy atom. The Bertz CT molecular complexity index is 866. The highest BCUT2D eigenvalue weighted by molar-refractivity contribution is 9.10. The van der Waals surface area contributed by atoms with E-state index >= 15 is 0 Å². The number of amides is 1. The lowest BCUT2D eigenvalue weighted by Crippen LogP contribution is -2.30. The van der Waals surface area contributed by atoms with Crippen molar-refractivity contribution in [3.63, 3.8) is 0 Å². The molecular formula is C17H14BrFN4O. The molecule has 0 saturated heterocycles. The Hall–Kier alpha value is -2.54. The van der Waals surface area contributed by atoms with E-state index in [2.05, 4.69) is 36.4 Å². The molecule has 3 rings (SSSR count).